The van der Waals surface area contributed by atoms with Crippen molar-refractivity contribution in [2.75, 3.05) is 38.1 Å². The number of rotatable bonds is 6. The third-order valence-electron chi connectivity index (χ3n) is 6.22. The van der Waals surface area contributed by atoms with Crippen LogP contribution in [0.1, 0.15) is 30.4 Å². The number of nitrogens with two attached hydrogens (primary N) is 1. The van der Waals surface area contributed by atoms with Gasteiger partial charge in [-0.3, -0.25) is 9.59 Å². The van der Waals surface area contributed by atoms with Gasteiger partial charge >= 0.3 is 0 Å². The molecule has 194 valence electrons. The normalized spacial score (nSPS) is 16.6. The predicted molar refractivity (Wildman–Crippen MR) is 130 cm³/mol. The molecule has 1 atom stereocenters. The molecule has 2 amide bonds. The van der Waals surface area contributed by atoms with E-state index >= 15 is 0 Å². The fraction of sp³-hybridized carbons (Fsp3) is 0.423. The van der Waals surface area contributed by atoms with Crippen LogP contribution in [0.3, 0.4) is 0 Å². The zero-order chi connectivity index (χ0) is 26.2. The van der Waals surface area contributed by atoms with Gasteiger partial charge in [0.05, 0.1) is 6.54 Å². The Bertz CT molecular complexity index is 1090. The fourth-order valence-electron chi connectivity index (χ4n) is 4.31. The summed E-state index contributed by atoms with van der Waals surface area (Å²) in [6, 6.07) is 7.23. The third kappa shape index (κ3) is 7.14. The van der Waals surface area contributed by atoms with E-state index in [0.29, 0.717) is 23.6 Å². The van der Waals surface area contributed by atoms with Gasteiger partial charge in [0.2, 0.25) is 11.8 Å². The van der Waals surface area contributed by atoms with Crippen LogP contribution in [0.15, 0.2) is 36.4 Å². The first-order chi connectivity index (χ1) is 17.2. The zero-order valence-electron chi connectivity index (χ0n) is 20.3. The highest BCUT2D eigenvalue weighted by molar-refractivity contribution is 6.00. The van der Waals surface area contributed by atoms with Crippen LogP contribution in [0.2, 0.25) is 0 Å². The van der Waals surface area contributed by atoms with Crippen LogP contribution in [0.5, 0.6) is 0 Å². The van der Waals surface area contributed by atoms with Crippen LogP contribution in [0.25, 0.3) is 0 Å². The van der Waals surface area contributed by atoms with Crippen molar-refractivity contribution >= 4 is 23.8 Å². The van der Waals surface area contributed by atoms with Crippen LogP contribution in [0, 0.1) is 17.5 Å². The Balaban J connectivity index is 0.000000526. The Morgan fingerprint density at radius 1 is 1.06 bits per heavy atom. The smallest absolute Gasteiger partial charge is 0.247 e. The Morgan fingerprint density at radius 2 is 1.72 bits per heavy atom. The van der Waals surface area contributed by atoms with E-state index in [-0.39, 0.29) is 38.0 Å². The number of nitrogens with zero attached hydrogens (tertiary/aromatic N) is 3. The molecule has 2 aliphatic rings. The molecular weight excluding hydrogens is 473 g/mol. The van der Waals surface area contributed by atoms with Crippen LogP contribution in [-0.4, -0.2) is 67.2 Å². The summed E-state index contributed by atoms with van der Waals surface area (Å²) < 4.78 is 40.3. The summed E-state index contributed by atoms with van der Waals surface area (Å²) in [6.45, 7) is 2.41. The van der Waals surface area contributed by atoms with Crippen LogP contribution in [-0.2, 0) is 27.3 Å². The first-order valence-electron chi connectivity index (χ1n) is 11.9. The summed E-state index contributed by atoms with van der Waals surface area (Å²) in [5, 5.41) is 0. The molecule has 36 heavy (non-hydrogen) atoms. The molecule has 4 rings (SSSR count). The van der Waals surface area contributed by atoms with Gasteiger partial charge in [-0.05, 0) is 62.7 Å². The van der Waals surface area contributed by atoms with Gasteiger partial charge in [0.15, 0.2) is 11.6 Å². The summed E-state index contributed by atoms with van der Waals surface area (Å²) >= 11 is 0. The van der Waals surface area contributed by atoms with Gasteiger partial charge in [-0.1, -0.05) is 18.2 Å². The highest BCUT2D eigenvalue weighted by Crippen LogP contribution is 2.26. The molecule has 0 spiro atoms. The molecule has 1 saturated heterocycles. The maximum Gasteiger partial charge on any atom is 0.247 e. The molecule has 2 aromatic carbocycles. The standard InChI is InChI=1S/C21H20F3N3O3.C5H11N/c22-16-10-18(24)17(23)8-14(16)7-15(25)9-20(29)26-11-13-3-1-2-4-19(13)27(5-6-28)21(30)12-26;1-6-4-2-3-5-6/h1-4,6,8,10,15H,5,7,9,11-12,25H2;2-5H2,1H3. The predicted octanol–water partition coefficient (Wildman–Crippen LogP) is 2.65. The lowest BCUT2D eigenvalue weighted by Gasteiger charge is -2.22. The van der Waals surface area contributed by atoms with Crippen molar-refractivity contribution in [3.8, 4) is 0 Å². The second-order valence-corrected chi connectivity index (χ2v) is 9.09. The largest absolute Gasteiger partial charge is 0.329 e. The number of benzene rings is 2. The second kappa shape index (κ2) is 12.6. The van der Waals surface area contributed by atoms with Gasteiger partial charge in [0.25, 0.3) is 0 Å². The van der Waals surface area contributed by atoms with E-state index in [9.17, 15) is 27.6 Å². The molecule has 1 fully saturated rings. The fourth-order valence-corrected chi connectivity index (χ4v) is 4.31. The molecule has 0 saturated carbocycles. The van der Waals surface area contributed by atoms with Crippen LogP contribution in [0.4, 0.5) is 18.9 Å². The molecule has 0 bridgehead atoms. The van der Waals surface area contributed by atoms with E-state index in [1.165, 1.54) is 35.7 Å². The number of amides is 2. The Labute approximate surface area is 208 Å². The van der Waals surface area contributed by atoms with Gasteiger partial charge in [0, 0.05) is 30.8 Å². The van der Waals surface area contributed by atoms with Crippen molar-refractivity contribution in [2.45, 2.75) is 38.3 Å². The molecule has 2 aromatic rings. The first kappa shape index (κ1) is 27.3. The van der Waals surface area contributed by atoms with Gasteiger partial charge in [0.1, 0.15) is 18.6 Å². The van der Waals surface area contributed by atoms with Crippen LogP contribution < -0.4 is 10.6 Å². The summed E-state index contributed by atoms with van der Waals surface area (Å²) in [5.41, 5.74) is 7.05. The van der Waals surface area contributed by atoms with E-state index in [1.807, 2.05) is 0 Å². The van der Waals surface area contributed by atoms with Crippen molar-refractivity contribution in [3.63, 3.8) is 0 Å². The number of likely N-dealkylation sites (tertiary alicyclic amines) is 1. The summed E-state index contributed by atoms with van der Waals surface area (Å²) in [5.74, 6) is -4.31. The monoisotopic (exact) mass is 504 g/mol. The van der Waals surface area contributed by atoms with Crippen molar-refractivity contribution in [1.82, 2.24) is 9.80 Å². The van der Waals surface area contributed by atoms with Crippen molar-refractivity contribution < 1.29 is 27.6 Å². The van der Waals surface area contributed by atoms with E-state index in [2.05, 4.69) is 11.9 Å². The number of anilines is 1. The summed E-state index contributed by atoms with van der Waals surface area (Å²) in [6.07, 6.45) is 3.04. The molecule has 7 nitrogen and oxygen atoms in total. The summed E-state index contributed by atoms with van der Waals surface area (Å²) in [4.78, 5) is 41.3. The first-order valence-corrected chi connectivity index (χ1v) is 11.9. The Morgan fingerprint density at radius 3 is 2.36 bits per heavy atom. The molecule has 2 N–H and O–H groups in total. The maximum absolute atomic E-state index is 13.8. The number of hydrogen-bond donors (Lipinski definition) is 1. The number of carbonyl (C=O) groups is 3. The highest BCUT2D eigenvalue weighted by atomic mass is 19.2. The lowest BCUT2D eigenvalue weighted by Crippen LogP contribution is -2.42. The van der Waals surface area contributed by atoms with Gasteiger partial charge in [-0.25, -0.2) is 13.2 Å². The van der Waals surface area contributed by atoms with Crippen molar-refractivity contribution in [3.05, 3.63) is 65.0 Å². The minimum Gasteiger partial charge on any atom is -0.329 e. The van der Waals surface area contributed by atoms with E-state index in [0.717, 1.165) is 6.07 Å². The average Bonchev–Trinajstić information content (AvgIpc) is 3.26. The Kier molecular flexibility index (Phi) is 9.60. The van der Waals surface area contributed by atoms with Crippen molar-refractivity contribution in [2.24, 2.45) is 5.73 Å². The number of carbonyl (C=O) groups excluding carboxylic acids is 3. The average molecular weight is 505 g/mol. The second-order valence-electron chi connectivity index (χ2n) is 9.09. The van der Waals surface area contributed by atoms with E-state index in [4.69, 9.17) is 5.73 Å². The molecule has 10 heteroatoms. The topological polar surface area (TPSA) is 86.9 Å². The van der Waals surface area contributed by atoms with Crippen molar-refractivity contribution in [1.29, 1.82) is 0 Å². The van der Waals surface area contributed by atoms with E-state index < -0.39 is 35.3 Å². The molecule has 0 radical (unpaired) electrons. The maximum atomic E-state index is 13.8. The molecule has 0 aromatic heterocycles. The Hall–Kier alpha value is -3.24. The number of para-hydroxylation sites is 1. The van der Waals surface area contributed by atoms with Crippen LogP contribution >= 0.6 is 0 Å². The lowest BCUT2D eigenvalue weighted by atomic mass is 10.0. The zero-order valence-corrected chi connectivity index (χ0v) is 20.3. The number of halogens is 3. The van der Waals surface area contributed by atoms with E-state index in [1.54, 1.807) is 24.3 Å². The number of aldehydes is 1. The molecular formula is C26H31F3N4O3. The highest BCUT2D eigenvalue weighted by Gasteiger charge is 2.29. The summed E-state index contributed by atoms with van der Waals surface area (Å²) in [7, 11) is 2.17. The number of hydrogen-bond acceptors (Lipinski definition) is 5. The third-order valence-corrected chi connectivity index (χ3v) is 6.22. The van der Waals surface area contributed by atoms with Gasteiger partial charge in [-0.2, -0.15) is 0 Å². The minimum atomic E-state index is -1.30. The molecule has 0 aliphatic carbocycles. The molecule has 2 heterocycles. The SMILES string of the molecule is CN1CCCC1.NC(CC(=O)N1CC(=O)N(CC=O)c2ccccc2C1)Cc1cc(F)c(F)cc1F. The lowest BCUT2D eigenvalue weighted by molar-refractivity contribution is -0.135. The molecule has 2 aliphatic heterocycles. The number of fused-ring (bicyclic) bond motifs is 1. The quantitative estimate of drug-likeness (QED) is 0.483. The molecule has 1 unspecified atom stereocenters. The van der Waals surface area contributed by atoms with Gasteiger partial charge < -0.3 is 25.2 Å². The van der Waals surface area contributed by atoms with Gasteiger partial charge in [-0.15, -0.1) is 0 Å². The minimum absolute atomic E-state index is 0.132.